The molecule has 1 amide bonds. The third-order valence-electron chi connectivity index (χ3n) is 4.32. The number of carbonyl (C=O) groups is 1. The second-order valence-electron chi connectivity index (χ2n) is 6.55. The number of benzene rings is 2. The van der Waals surface area contributed by atoms with Crippen molar-refractivity contribution in [1.82, 2.24) is 4.72 Å². The zero-order valence-electron chi connectivity index (χ0n) is 16.4. The molecule has 0 bridgehead atoms. The monoisotopic (exact) mass is 441 g/mol. The first kappa shape index (κ1) is 21.9. The van der Waals surface area contributed by atoms with Crippen LogP contribution in [0.2, 0.25) is 0 Å². The second kappa shape index (κ2) is 9.37. The molecule has 0 saturated heterocycles. The molecule has 0 spiro atoms. The standard InChI is InChI=1S/C21H19N3O6S/c1-15-4-8-17(24(26)27)13-20(15)23-21(25)11-7-16-5-9-19(10-6-16)31(28,29)22-14-18-3-2-12-30-18/h2-13,22H,14H2,1H3,(H,23,25)/b11-7+. The lowest BCUT2D eigenvalue weighted by atomic mass is 10.1. The molecule has 9 nitrogen and oxygen atoms in total. The zero-order valence-corrected chi connectivity index (χ0v) is 17.3. The highest BCUT2D eigenvalue weighted by Gasteiger charge is 2.14. The minimum absolute atomic E-state index is 0.0359. The van der Waals surface area contributed by atoms with Crippen LogP contribution < -0.4 is 10.0 Å². The van der Waals surface area contributed by atoms with E-state index in [0.717, 1.165) is 0 Å². The van der Waals surface area contributed by atoms with Crippen LogP contribution in [0.3, 0.4) is 0 Å². The van der Waals surface area contributed by atoms with Crippen LogP contribution >= 0.6 is 0 Å². The number of aryl methyl sites for hydroxylation is 1. The molecule has 0 fully saturated rings. The highest BCUT2D eigenvalue weighted by Crippen LogP contribution is 2.22. The van der Waals surface area contributed by atoms with E-state index in [1.165, 1.54) is 42.7 Å². The Morgan fingerprint density at radius 3 is 2.55 bits per heavy atom. The van der Waals surface area contributed by atoms with Gasteiger partial charge in [-0.15, -0.1) is 0 Å². The van der Waals surface area contributed by atoms with E-state index < -0.39 is 20.9 Å². The highest BCUT2D eigenvalue weighted by atomic mass is 32.2. The van der Waals surface area contributed by atoms with Crippen LogP contribution in [0.1, 0.15) is 16.9 Å². The van der Waals surface area contributed by atoms with Gasteiger partial charge in [-0.3, -0.25) is 14.9 Å². The van der Waals surface area contributed by atoms with E-state index in [1.54, 1.807) is 37.3 Å². The molecule has 0 unspecified atom stereocenters. The number of sulfonamides is 1. The average Bonchev–Trinajstić information content (AvgIpc) is 3.26. The van der Waals surface area contributed by atoms with E-state index in [9.17, 15) is 23.3 Å². The first-order valence-electron chi connectivity index (χ1n) is 9.11. The molecule has 2 aromatic carbocycles. The molecule has 1 aromatic heterocycles. The molecule has 160 valence electrons. The van der Waals surface area contributed by atoms with Crippen molar-refractivity contribution in [2.24, 2.45) is 0 Å². The minimum Gasteiger partial charge on any atom is -0.468 e. The van der Waals surface area contributed by atoms with E-state index in [-0.39, 0.29) is 17.1 Å². The number of nitrogens with zero attached hydrogens (tertiary/aromatic N) is 1. The Labute approximate surface area is 178 Å². The number of hydrogen-bond donors (Lipinski definition) is 2. The topological polar surface area (TPSA) is 132 Å². The van der Waals surface area contributed by atoms with Crippen LogP contribution in [-0.2, 0) is 21.4 Å². The van der Waals surface area contributed by atoms with Crippen molar-refractivity contribution in [2.75, 3.05) is 5.32 Å². The number of anilines is 1. The number of rotatable bonds is 8. The van der Waals surface area contributed by atoms with Gasteiger partial charge in [0, 0.05) is 18.2 Å². The highest BCUT2D eigenvalue weighted by molar-refractivity contribution is 7.89. The van der Waals surface area contributed by atoms with Gasteiger partial charge in [-0.05, 0) is 48.4 Å². The lowest BCUT2D eigenvalue weighted by Crippen LogP contribution is -2.22. The van der Waals surface area contributed by atoms with Crippen molar-refractivity contribution in [1.29, 1.82) is 0 Å². The van der Waals surface area contributed by atoms with Crippen molar-refractivity contribution in [3.05, 3.63) is 93.9 Å². The van der Waals surface area contributed by atoms with E-state index in [2.05, 4.69) is 10.0 Å². The number of nitro groups is 1. The molecule has 0 radical (unpaired) electrons. The van der Waals surface area contributed by atoms with Crippen LogP contribution in [0.15, 0.2) is 76.2 Å². The molecular formula is C21H19N3O6S. The fourth-order valence-corrected chi connectivity index (χ4v) is 3.62. The zero-order chi connectivity index (χ0) is 22.4. The van der Waals surface area contributed by atoms with Crippen LogP contribution in [0, 0.1) is 17.0 Å². The van der Waals surface area contributed by atoms with Crippen molar-refractivity contribution in [3.63, 3.8) is 0 Å². The SMILES string of the molecule is Cc1ccc([N+](=O)[O-])cc1NC(=O)/C=C/c1ccc(S(=O)(=O)NCc2ccco2)cc1. The molecular weight excluding hydrogens is 422 g/mol. The Morgan fingerprint density at radius 2 is 1.90 bits per heavy atom. The van der Waals surface area contributed by atoms with Crippen LogP contribution in [0.25, 0.3) is 6.08 Å². The Bertz CT molecular complexity index is 1220. The lowest BCUT2D eigenvalue weighted by molar-refractivity contribution is -0.384. The van der Waals surface area contributed by atoms with Gasteiger partial charge in [-0.2, -0.15) is 0 Å². The molecule has 0 aliphatic heterocycles. The third kappa shape index (κ3) is 5.87. The van der Waals surface area contributed by atoms with E-state index in [1.807, 2.05) is 0 Å². The molecule has 10 heteroatoms. The number of hydrogen-bond acceptors (Lipinski definition) is 6. The fraction of sp³-hybridized carbons (Fsp3) is 0.0952. The van der Waals surface area contributed by atoms with Crippen molar-refractivity contribution in [2.45, 2.75) is 18.4 Å². The fourth-order valence-electron chi connectivity index (χ4n) is 2.63. The van der Waals surface area contributed by atoms with Gasteiger partial charge < -0.3 is 9.73 Å². The molecule has 0 aliphatic carbocycles. The van der Waals surface area contributed by atoms with Gasteiger partial charge in [-0.1, -0.05) is 18.2 Å². The summed E-state index contributed by atoms with van der Waals surface area (Å²) in [4.78, 5) is 22.6. The molecule has 2 N–H and O–H groups in total. The Morgan fingerprint density at radius 1 is 1.16 bits per heavy atom. The van der Waals surface area contributed by atoms with Gasteiger partial charge in [-0.25, -0.2) is 13.1 Å². The predicted molar refractivity (Wildman–Crippen MR) is 115 cm³/mol. The minimum atomic E-state index is -3.71. The molecule has 0 aliphatic rings. The van der Waals surface area contributed by atoms with E-state index in [4.69, 9.17) is 4.42 Å². The molecule has 3 rings (SSSR count). The van der Waals surface area contributed by atoms with Gasteiger partial charge in [0.15, 0.2) is 0 Å². The summed E-state index contributed by atoms with van der Waals surface area (Å²) >= 11 is 0. The van der Waals surface area contributed by atoms with Gasteiger partial charge >= 0.3 is 0 Å². The first-order chi connectivity index (χ1) is 14.7. The van der Waals surface area contributed by atoms with Crippen molar-refractivity contribution in [3.8, 4) is 0 Å². The Balaban J connectivity index is 1.63. The average molecular weight is 441 g/mol. The maximum absolute atomic E-state index is 12.3. The summed E-state index contributed by atoms with van der Waals surface area (Å²) in [6.45, 7) is 1.76. The summed E-state index contributed by atoms with van der Waals surface area (Å²) in [5.41, 5.74) is 1.51. The number of nitrogens with one attached hydrogen (secondary N) is 2. The quantitative estimate of drug-likeness (QED) is 0.312. The number of nitro benzene ring substituents is 1. The normalized spacial score (nSPS) is 11.5. The first-order valence-corrected chi connectivity index (χ1v) is 10.6. The maximum Gasteiger partial charge on any atom is 0.271 e. The summed E-state index contributed by atoms with van der Waals surface area (Å²) < 4.78 is 32.2. The molecule has 0 atom stereocenters. The van der Waals surface area contributed by atoms with Crippen LogP contribution in [0.5, 0.6) is 0 Å². The molecule has 1 heterocycles. The van der Waals surface area contributed by atoms with Crippen LogP contribution in [-0.4, -0.2) is 19.2 Å². The largest absolute Gasteiger partial charge is 0.468 e. The number of carbonyl (C=O) groups excluding carboxylic acids is 1. The van der Waals surface area contributed by atoms with Crippen LogP contribution in [0.4, 0.5) is 11.4 Å². The lowest BCUT2D eigenvalue weighted by Gasteiger charge is -2.06. The van der Waals surface area contributed by atoms with Gasteiger partial charge in [0.2, 0.25) is 15.9 Å². The van der Waals surface area contributed by atoms with Crippen molar-refractivity contribution >= 4 is 33.4 Å². The van der Waals surface area contributed by atoms with Gasteiger partial charge in [0.25, 0.3) is 5.69 Å². The van der Waals surface area contributed by atoms with Crippen molar-refractivity contribution < 1.29 is 22.6 Å². The van der Waals surface area contributed by atoms with E-state index in [0.29, 0.717) is 22.6 Å². The summed E-state index contributed by atoms with van der Waals surface area (Å²) in [5.74, 6) is 0.0218. The number of non-ortho nitro benzene ring substituents is 1. The molecule has 3 aromatic rings. The molecule has 0 saturated carbocycles. The van der Waals surface area contributed by atoms with E-state index >= 15 is 0 Å². The van der Waals surface area contributed by atoms with Gasteiger partial charge in [0.05, 0.1) is 28.3 Å². The van der Waals surface area contributed by atoms with Gasteiger partial charge in [0.1, 0.15) is 5.76 Å². The summed E-state index contributed by atoms with van der Waals surface area (Å²) in [5, 5.41) is 13.5. The number of furan rings is 1. The summed E-state index contributed by atoms with van der Waals surface area (Å²) in [6.07, 6.45) is 4.23. The third-order valence-corrected chi connectivity index (χ3v) is 5.74. The second-order valence-corrected chi connectivity index (χ2v) is 8.32. The number of amides is 1. The smallest absolute Gasteiger partial charge is 0.271 e. The predicted octanol–water partition coefficient (Wildman–Crippen LogP) is 3.63. The maximum atomic E-state index is 12.3. The molecule has 31 heavy (non-hydrogen) atoms. The summed E-state index contributed by atoms with van der Waals surface area (Å²) in [6, 6.07) is 13.5. The Hall–Kier alpha value is -3.76. The summed E-state index contributed by atoms with van der Waals surface area (Å²) in [7, 11) is -3.71. The Kier molecular flexibility index (Phi) is 6.63.